The Morgan fingerprint density at radius 2 is 2.43 bits per heavy atom. The molecule has 0 amide bonds. The second-order valence-electron chi connectivity index (χ2n) is 3.95. The van der Waals surface area contributed by atoms with Gasteiger partial charge in [-0.1, -0.05) is 0 Å². The maximum atomic E-state index is 5.55. The van der Waals surface area contributed by atoms with Crippen molar-refractivity contribution in [3.63, 3.8) is 0 Å². The molecule has 3 rings (SSSR count). The third-order valence-corrected chi connectivity index (χ3v) is 3.07. The van der Waals surface area contributed by atoms with Gasteiger partial charge in [-0.15, -0.1) is 0 Å². The molecule has 1 aromatic heterocycles. The van der Waals surface area contributed by atoms with Gasteiger partial charge in [0.25, 0.3) is 0 Å². The van der Waals surface area contributed by atoms with E-state index in [9.17, 15) is 0 Å². The minimum atomic E-state index is 0.356. The average molecular weight is 191 g/mol. The minimum Gasteiger partial charge on any atom is -0.368 e. The van der Waals surface area contributed by atoms with Crippen molar-refractivity contribution in [2.45, 2.75) is 6.04 Å². The van der Waals surface area contributed by atoms with Crippen molar-refractivity contribution >= 4 is 11.8 Å². The quantitative estimate of drug-likeness (QED) is 0.624. The zero-order chi connectivity index (χ0) is 9.54. The predicted molar refractivity (Wildman–Crippen MR) is 53.9 cm³/mol. The summed E-state index contributed by atoms with van der Waals surface area (Å²) in [4.78, 5) is 10.4. The lowest BCUT2D eigenvalue weighted by atomic mass is 9.96. The van der Waals surface area contributed by atoms with Gasteiger partial charge in [-0.05, 0) is 6.07 Å². The monoisotopic (exact) mass is 191 g/mol. The SMILES string of the molecule is Nc1nccc(N2C[C@H]3CN[C@H]3C2)n1. The summed E-state index contributed by atoms with van der Waals surface area (Å²) < 4.78 is 0. The summed E-state index contributed by atoms with van der Waals surface area (Å²) in [6.07, 6.45) is 1.71. The molecule has 74 valence electrons. The summed E-state index contributed by atoms with van der Waals surface area (Å²) in [5.41, 5.74) is 5.55. The molecule has 5 nitrogen and oxygen atoms in total. The average Bonchev–Trinajstić information content (AvgIpc) is 2.43. The van der Waals surface area contributed by atoms with E-state index >= 15 is 0 Å². The largest absolute Gasteiger partial charge is 0.368 e. The van der Waals surface area contributed by atoms with Crippen molar-refractivity contribution in [2.24, 2.45) is 5.92 Å². The van der Waals surface area contributed by atoms with Gasteiger partial charge in [0, 0.05) is 37.8 Å². The molecule has 1 aromatic rings. The fraction of sp³-hybridized carbons (Fsp3) is 0.556. The molecule has 0 saturated carbocycles. The van der Waals surface area contributed by atoms with Crippen LogP contribution in [0.15, 0.2) is 12.3 Å². The van der Waals surface area contributed by atoms with Gasteiger partial charge >= 0.3 is 0 Å². The molecular weight excluding hydrogens is 178 g/mol. The molecule has 3 heterocycles. The molecule has 0 bridgehead atoms. The lowest BCUT2D eigenvalue weighted by Gasteiger charge is -2.29. The Hall–Kier alpha value is -1.36. The first kappa shape index (κ1) is 7.99. The molecule has 0 unspecified atom stereocenters. The Kier molecular flexibility index (Phi) is 1.61. The number of nitrogens with zero attached hydrogens (tertiary/aromatic N) is 3. The Morgan fingerprint density at radius 3 is 3.00 bits per heavy atom. The van der Waals surface area contributed by atoms with Gasteiger partial charge < -0.3 is 16.0 Å². The van der Waals surface area contributed by atoms with Crippen LogP contribution in [0.25, 0.3) is 0 Å². The van der Waals surface area contributed by atoms with Crippen molar-refractivity contribution in [1.82, 2.24) is 15.3 Å². The van der Waals surface area contributed by atoms with Crippen LogP contribution in [0.5, 0.6) is 0 Å². The zero-order valence-corrected chi connectivity index (χ0v) is 7.85. The minimum absolute atomic E-state index is 0.356. The summed E-state index contributed by atoms with van der Waals surface area (Å²) in [6.45, 7) is 3.27. The number of aromatic nitrogens is 2. The third-order valence-electron chi connectivity index (χ3n) is 3.07. The fourth-order valence-corrected chi connectivity index (χ4v) is 2.18. The van der Waals surface area contributed by atoms with Gasteiger partial charge in [-0.3, -0.25) is 0 Å². The number of hydrogen-bond donors (Lipinski definition) is 2. The van der Waals surface area contributed by atoms with Crippen LogP contribution in [0, 0.1) is 5.92 Å². The van der Waals surface area contributed by atoms with E-state index in [2.05, 4.69) is 20.2 Å². The molecule has 14 heavy (non-hydrogen) atoms. The Labute approximate surface area is 82.3 Å². The molecule has 5 heteroatoms. The summed E-state index contributed by atoms with van der Waals surface area (Å²) in [5.74, 6) is 2.11. The molecule has 2 aliphatic heterocycles. The normalized spacial score (nSPS) is 29.9. The smallest absolute Gasteiger partial charge is 0.221 e. The summed E-state index contributed by atoms with van der Waals surface area (Å²) >= 11 is 0. The molecule has 0 aliphatic carbocycles. The Morgan fingerprint density at radius 1 is 1.50 bits per heavy atom. The highest BCUT2D eigenvalue weighted by Crippen LogP contribution is 2.26. The molecular formula is C9H13N5. The first-order valence-electron chi connectivity index (χ1n) is 4.90. The summed E-state index contributed by atoms with van der Waals surface area (Å²) in [5, 5.41) is 3.41. The second-order valence-corrected chi connectivity index (χ2v) is 3.95. The van der Waals surface area contributed by atoms with Crippen LogP contribution in [0.2, 0.25) is 0 Å². The maximum absolute atomic E-state index is 5.55. The van der Waals surface area contributed by atoms with Gasteiger partial charge in [-0.25, -0.2) is 4.98 Å². The van der Waals surface area contributed by atoms with Crippen LogP contribution in [0.3, 0.4) is 0 Å². The van der Waals surface area contributed by atoms with Crippen LogP contribution >= 0.6 is 0 Å². The molecule has 2 atom stereocenters. The number of fused-ring (bicyclic) bond motifs is 1. The topological polar surface area (TPSA) is 67.1 Å². The molecule has 2 fully saturated rings. The second kappa shape index (κ2) is 2.81. The van der Waals surface area contributed by atoms with E-state index in [1.165, 1.54) is 0 Å². The zero-order valence-electron chi connectivity index (χ0n) is 7.85. The van der Waals surface area contributed by atoms with Gasteiger partial charge in [0.15, 0.2) is 0 Å². The van der Waals surface area contributed by atoms with Gasteiger partial charge in [0.1, 0.15) is 5.82 Å². The fourth-order valence-electron chi connectivity index (χ4n) is 2.18. The van der Waals surface area contributed by atoms with Crippen LogP contribution in [0.4, 0.5) is 11.8 Å². The number of nitrogen functional groups attached to an aromatic ring is 1. The van der Waals surface area contributed by atoms with E-state index in [0.717, 1.165) is 31.4 Å². The predicted octanol–water partition coefficient (Wildman–Crippen LogP) is -0.533. The number of nitrogens with one attached hydrogen (secondary N) is 1. The summed E-state index contributed by atoms with van der Waals surface area (Å²) in [6, 6.07) is 2.58. The highest BCUT2D eigenvalue weighted by Gasteiger charge is 2.39. The Balaban J connectivity index is 1.82. The van der Waals surface area contributed by atoms with E-state index in [1.54, 1.807) is 6.20 Å². The molecule has 0 radical (unpaired) electrons. The van der Waals surface area contributed by atoms with Gasteiger partial charge in [-0.2, -0.15) is 4.98 Å². The van der Waals surface area contributed by atoms with Crippen LogP contribution in [-0.4, -0.2) is 35.6 Å². The van der Waals surface area contributed by atoms with E-state index in [-0.39, 0.29) is 0 Å². The number of rotatable bonds is 1. The van der Waals surface area contributed by atoms with Crippen molar-refractivity contribution in [3.8, 4) is 0 Å². The van der Waals surface area contributed by atoms with Crippen molar-refractivity contribution in [1.29, 1.82) is 0 Å². The molecule has 0 aromatic carbocycles. The number of hydrogen-bond acceptors (Lipinski definition) is 5. The lowest BCUT2D eigenvalue weighted by Crippen LogP contribution is -2.51. The lowest BCUT2D eigenvalue weighted by molar-refractivity contribution is 0.297. The van der Waals surface area contributed by atoms with Gasteiger partial charge in [0.2, 0.25) is 5.95 Å². The van der Waals surface area contributed by atoms with Crippen LogP contribution in [0.1, 0.15) is 0 Å². The van der Waals surface area contributed by atoms with Crippen LogP contribution in [-0.2, 0) is 0 Å². The molecule has 2 aliphatic rings. The van der Waals surface area contributed by atoms with E-state index in [4.69, 9.17) is 5.73 Å². The first-order valence-corrected chi connectivity index (χ1v) is 4.90. The van der Waals surface area contributed by atoms with E-state index in [1.807, 2.05) is 6.07 Å². The standard InChI is InChI=1S/C9H13N5/c10-9-11-2-1-8(13-9)14-4-6-3-12-7(6)5-14/h1-2,6-7,12H,3-5H2,(H2,10,11,13)/t6-,7+/m1/s1. The highest BCUT2D eigenvalue weighted by molar-refractivity contribution is 5.43. The van der Waals surface area contributed by atoms with Gasteiger partial charge in [0.05, 0.1) is 0 Å². The van der Waals surface area contributed by atoms with Crippen molar-refractivity contribution in [3.05, 3.63) is 12.3 Å². The number of anilines is 2. The highest BCUT2D eigenvalue weighted by atomic mass is 15.3. The van der Waals surface area contributed by atoms with Crippen molar-refractivity contribution < 1.29 is 0 Å². The maximum Gasteiger partial charge on any atom is 0.221 e. The van der Waals surface area contributed by atoms with E-state index in [0.29, 0.717) is 12.0 Å². The van der Waals surface area contributed by atoms with Crippen LogP contribution < -0.4 is 16.0 Å². The summed E-state index contributed by atoms with van der Waals surface area (Å²) in [7, 11) is 0. The Bertz CT molecular complexity index is 341. The third kappa shape index (κ3) is 1.13. The van der Waals surface area contributed by atoms with E-state index < -0.39 is 0 Å². The van der Waals surface area contributed by atoms with Crippen molar-refractivity contribution in [2.75, 3.05) is 30.3 Å². The number of nitrogens with two attached hydrogens (primary N) is 1. The first-order chi connectivity index (χ1) is 6.83. The molecule has 2 saturated heterocycles. The molecule has 0 spiro atoms. The molecule has 3 N–H and O–H groups in total.